The van der Waals surface area contributed by atoms with Crippen LogP contribution < -0.4 is 15.4 Å². The molecule has 170 valence electrons. The fraction of sp³-hybridized carbons (Fsp3) is 0.227. The van der Waals surface area contributed by atoms with Crippen LogP contribution in [0.1, 0.15) is 23.8 Å². The Morgan fingerprint density at radius 2 is 1.94 bits per heavy atom. The van der Waals surface area contributed by atoms with Crippen LogP contribution in [-0.2, 0) is 6.61 Å². The number of nitrogens with one attached hydrogen (secondary N) is 1. The average Bonchev–Trinajstić information content (AvgIpc) is 3.15. The first kappa shape index (κ1) is 21.8. The lowest BCUT2D eigenvalue weighted by molar-refractivity contribution is 0.205. The molecule has 3 aromatic heterocycles. The Bertz CT molecular complexity index is 1320. The molecule has 0 saturated carbocycles. The summed E-state index contributed by atoms with van der Waals surface area (Å²) in [7, 11) is 0. The molecule has 5 rings (SSSR count). The lowest BCUT2D eigenvalue weighted by Crippen LogP contribution is -2.38. The highest BCUT2D eigenvalue weighted by Gasteiger charge is 2.22. The van der Waals surface area contributed by atoms with E-state index in [0.29, 0.717) is 33.3 Å². The number of aliphatic hydroxyl groups excluding tert-OH is 1. The molecule has 1 aromatic carbocycles. The number of hydrogen-bond acceptors (Lipinski definition) is 7. The average molecular weight is 489 g/mol. The van der Waals surface area contributed by atoms with Crippen molar-refractivity contribution < 1.29 is 14.2 Å². The quantitative estimate of drug-likeness (QED) is 0.348. The largest absolute Gasteiger partial charge is 0.468 e. The summed E-state index contributed by atoms with van der Waals surface area (Å²) in [5.41, 5.74) is 8.81. The summed E-state index contributed by atoms with van der Waals surface area (Å²) in [6.45, 7) is 1.67. The van der Waals surface area contributed by atoms with Gasteiger partial charge in [-0.05, 0) is 18.6 Å². The van der Waals surface area contributed by atoms with Crippen molar-refractivity contribution in [3.8, 4) is 17.0 Å². The van der Waals surface area contributed by atoms with Crippen molar-refractivity contribution in [2.45, 2.75) is 19.3 Å². The first-order valence-electron chi connectivity index (χ1n) is 10.2. The second-order valence-electron chi connectivity index (χ2n) is 7.66. The number of hydrogen-bond donors (Lipinski definition) is 3. The predicted octanol–water partition coefficient (Wildman–Crippen LogP) is 4.20. The predicted molar refractivity (Wildman–Crippen MR) is 124 cm³/mol. The van der Waals surface area contributed by atoms with Crippen LogP contribution in [0.5, 0.6) is 5.75 Å². The summed E-state index contributed by atoms with van der Waals surface area (Å²) < 4.78 is 20.4. The van der Waals surface area contributed by atoms with Gasteiger partial charge in [0.25, 0.3) is 0 Å². The second kappa shape index (κ2) is 8.75. The zero-order valence-corrected chi connectivity index (χ0v) is 18.7. The number of nitrogens with zero attached hydrogens (tertiary/aromatic N) is 4. The van der Waals surface area contributed by atoms with Gasteiger partial charge in [0.05, 0.1) is 22.2 Å². The number of H-pyrrole nitrogens is 1. The van der Waals surface area contributed by atoms with Gasteiger partial charge in [-0.2, -0.15) is 5.10 Å². The van der Waals surface area contributed by atoms with E-state index in [4.69, 9.17) is 33.7 Å². The zero-order chi connectivity index (χ0) is 23.1. The Kier molecular flexibility index (Phi) is 5.79. The van der Waals surface area contributed by atoms with Crippen molar-refractivity contribution in [2.24, 2.45) is 5.73 Å². The minimum atomic E-state index is -1.12. The molecule has 33 heavy (non-hydrogen) atoms. The number of fused-ring (bicyclic) bond motifs is 1. The summed E-state index contributed by atoms with van der Waals surface area (Å²) >= 11 is 12.3. The lowest BCUT2D eigenvalue weighted by Gasteiger charge is -2.33. The molecular formula is C22H19Cl2FN6O2. The van der Waals surface area contributed by atoms with Gasteiger partial charge < -0.3 is 14.7 Å². The van der Waals surface area contributed by atoms with Crippen molar-refractivity contribution in [1.82, 2.24) is 20.2 Å². The first-order valence-corrected chi connectivity index (χ1v) is 11.0. The molecule has 1 aliphatic heterocycles. The number of pyridine rings is 2. The Labute approximate surface area is 198 Å². The Morgan fingerprint density at radius 1 is 1.18 bits per heavy atom. The third kappa shape index (κ3) is 3.97. The summed E-state index contributed by atoms with van der Waals surface area (Å²) in [4.78, 5) is 10.5. The number of halogens is 3. The van der Waals surface area contributed by atoms with Crippen molar-refractivity contribution >= 4 is 39.9 Å². The molecule has 0 unspecified atom stereocenters. The molecule has 0 aliphatic carbocycles. The van der Waals surface area contributed by atoms with Crippen LogP contribution >= 0.6 is 23.2 Å². The monoisotopic (exact) mass is 488 g/mol. The van der Waals surface area contributed by atoms with Gasteiger partial charge in [0.1, 0.15) is 11.5 Å². The van der Waals surface area contributed by atoms with Gasteiger partial charge in [-0.25, -0.2) is 9.37 Å². The van der Waals surface area contributed by atoms with E-state index in [0.717, 1.165) is 25.3 Å². The maximum absolute atomic E-state index is 14.8. The number of benzene rings is 1. The van der Waals surface area contributed by atoms with Crippen LogP contribution in [0, 0.1) is 5.82 Å². The molecule has 0 bridgehead atoms. The third-order valence-electron chi connectivity index (χ3n) is 5.59. The fourth-order valence-electron chi connectivity index (χ4n) is 3.78. The van der Waals surface area contributed by atoms with E-state index in [-0.39, 0.29) is 22.4 Å². The molecule has 4 aromatic rings. The molecule has 11 heteroatoms. The topological polar surface area (TPSA) is 113 Å². The third-order valence-corrected chi connectivity index (χ3v) is 6.19. The lowest BCUT2D eigenvalue weighted by atomic mass is 10.1. The van der Waals surface area contributed by atoms with Crippen LogP contribution in [-0.4, -0.2) is 38.4 Å². The normalized spacial score (nSPS) is 14.4. The highest BCUT2D eigenvalue weighted by atomic mass is 35.5. The van der Waals surface area contributed by atoms with Crippen molar-refractivity contribution in [3.63, 3.8) is 0 Å². The van der Waals surface area contributed by atoms with E-state index >= 15 is 0 Å². The minimum absolute atomic E-state index is 0.0888. The van der Waals surface area contributed by atoms with Crippen LogP contribution in [0.15, 0.2) is 36.8 Å². The Morgan fingerprint density at radius 3 is 2.61 bits per heavy atom. The highest BCUT2D eigenvalue weighted by Crippen LogP contribution is 2.36. The number of aromatic amines is 1. The molecule has 1 aliphatic rings. The summed E-state index contributed by atoms with van der Waals surface area (Å²) in [6, 6.07) is 4.62. The van der Waals surface area contributed by atoms with Crippen LogP contribution in [0.25, 0.3) is 22.2 Å². The van der Waals surface area contributed by atoms with Gasteiger partial charge in [-0.3, -0.25) is 15.8 Å². The molecule has 4 heterocycles. The summed E-state index contributed by atoms with van der Waals surface area (Å²) in [5, 5.41) is 18.0. The summed E-state index contributed by atoms with van der Waals surface area (Å²) in [6.07, 6.45) is 4.44. The fourth-order valence-corrected chi connectivity index (χ4v) is 4.36. The van der Waals surface area contributed by atoms with Crippen molar-refractivity contribution in [1.29, 1.82) is 0 Å². The maximum Gasteiger partial charge on any atom is 0.177 e. The van der Waals surface area contributed by atoms with E-state index in [9.17, 15) is 9.50 Å². The summed E-state index contributed by atoms with van der Waals surface area (Å²) in [5.74, 6) is 0.0466. The van der Waals surface area contributed by atoms with Gasteiger partial charge in [0.15, 0.2) is 17.8 Å². The van der Waals surface area contributed by atoms with Crippen LogP contribution in [0.4, 0.5) is 10.2 Å². The van der Waals surface area contributed by atoms with Gasteiger partial charge in [0, 0.05) is 59.8 Å². The van der Waals surface area contributed by atoms with E-state index in [2.05, 4.69) is 25.1 Å². The van der Waals surface area contributed by atoms with E-state index in [1.165, 1.54) is 24.5 Å². The molecule has 0 spiro atoms. The molecule has 4 N–H and O–H groups in total. The van der Waals surface area contributed by atoms with Gasteiger partial charge in [-0.15, -0.1) is 0 Å². The Hall–Kier alpha value is -2.98. The number of aliphatic hydroxyl groups is 1. The number of aromatic nitrogens is 4. The molecule has 8 nitrogen and oxygen atoms in total. The number of anilines is 1. The zero-order valence-electron chi connectivity index (χ0n) is 17.2. The van der Waals surface area contributed by atoms with Crippen LogP contribution in [0.2, 0.25) is 10.0 Å². The minimum Gasteiger partial charge on any atom is -0.468 e. The number of nitrogens with two attached hydrogens (primary N) is 1. The van der Waals surface area contributed by atoms with E-state index in [1.807, 2.05) is 6.07 Å². The number of rotatable bonds is 6. The highest BCUT2D eigenvalue weighted by molar-refractivity contribution is 6.35. The maximum atomic E-state index is 14.8. The van der Waals surface area contributed by atoms with Gasteiger partial charge >= 0.3 is 0 Å². The van der Waals surface area contributed by atoms with Crippen molar-refractivity contribution in [3.05, 3.63) is 63.8 Å². The molecule has 1 atom stereocenters. The molecule has 0 amide bonds. The van der Waals surface area contributed by atoms with E-state index in [1.54, 1.807) is 6.20 Å². The van der Waals surface area contributed by atoms with Gasteiger partial charge in [-0.1, -0.05) is 23.2 Å². The smallest absolute Gasteiger partial charge is 0.177 e. The van der Waals surface area contributed by atoms with Gasteiger partial charge in [0.2, 0.25) is 0 Å². The van der Waals surface area contributed by atoms with Crippen molar-refractivity contribution in [2.75, 3.05) is 18.0 Å². The first-order chi connectivity index (χ1) is 16.0. The molecule has 1 fully saturated rings. The second-order valence-corrected chi connectivity index (χ2v) is 8.48. The van der Waals surface area contributed by atoms with E-state index < -0.39 is 12.0 Å². The number of ether oxygens (including phenoxy) is 1. The Balaban J connectivity index is 1.52. The SMILES string of the molecule is N[C@@H](Oc1cc2c(-c3cnc(N4CCC4)c(CO)c3)n[nH]c2cc1F)c1c(Cl)cncc1Cl. The standard InChI is InChI=1S/C22H19Cl2FN6O2/c23-14-8-27-9-15(24)19(14)21(26)33-18-5-13-17(6-16(18)25)29-30-20(13)11-4-12(10-32)22(28-7-11)31-2-1-3-31/h4-9,21,32H,1-3,10,26H2,(H,29,30)/t21-/m0/s1. The molecular weight excluding hydrogens is 470 g/mol. The molecule has 1 saturated heterocycles. The molecule has 0 radical (unpaired) electrons. The van der Waals surface area contributed by atoms with Crippen LogP contribution in [0.3, 0.4) is 0 Å².